The molecule has 4 rings (SSSR count). The molecule has 0 aliphatic heterocycles. The van der Waals surface area contributed by atoms with Crippen molar-refractivity contribution in [1.29, 1.82) is 0 Å². The van der Waals surface area contributed by atoms with Crippen LogP contribution in [0.5, 0.6) is 5.75 Å². The smallest absolute Gasteiger partial charge is 0.200 e. The van der Waals surface area contributed by atoms with Gasteiger partial charge in [0.2, 0.25) is 0 Å². The molecule has 0 atom stereocenters. The number of nitrogens with zero attached hydrogens (tertiary/aromatic N) is 4. The van der Waals surface area contributed by atoms with Gasteiger partial charge in [-0.25, -0.2) is 0 Å². The standard InChI is InChI=1S/C18H15N5OS2/c1-2-24-14-10-8-13(9-11-14)23-17(20-21-18(23)25)16-15(19-22-26-16)12-6-4-3-5-7-12/h3-11H,2H2,1H3,(H,21,25). The summed E-state index contributed by atoms with van der Waals surface area (Å²) in [6, 6.07) is 17.7. The lowest BCUT2D eigenvalue weighted by Crippen LogP contribution is -1.98. The molecule has 0 unspecified atom stereocenters. The number of benzene rings is 2. The Hall–Kier alpha value is -2.84. The van der Waals surface area contributed by atoms with Crippen molar-refractivity contribution in [3.8, 4) is 33.4 Å². The highest BCUT2D eigenvalue weighted by atomic mass is 32.1. The van der Waals surface area contributed by atoms with Crippen molar-refractivity contribution in [2.75, 3.05) is 6.61 Å². The molecule has 8 heteroatoms. The summed E-state index contributed by atoms with van der Waals surface area (Å²) in [6.07, 6.45) is 0. The minimum absolute atomic E-state index is 0.511. The number of aromatic amines is 1. The van der Waals surface area contributed by atoms with Gasteiger partial charge in [-0.15, -0.1) is 5.10 Å². The first-order valence-corrected chi connectivity index (χ1v) is 9.25. The van der Waals surface area contributed by atoms with Crippen LogP contribution in [0.25, 0.3) is 27.6 Å². The van der Waals surface area contributed by atoms with E-state index in [1.807, 2.05) is 66.1 Å². The monoisotopic (exact) mass is 381 g/mol. The maximum Gasteiger partial charge on any atom is 0.200 e. The quantitative estimate of drug-likeness (QED) is 0.515. The van der Waals surface area contributed by atoms with Crippen molar-refractivity contribution in [2.24, 2.45) is 0 Å². The minimum Gasteiger partial charge on any atom is -0.494 e. The Kier molecular flexibility index (Phi) is 4.59. The van der Waals surface area contributed by atoms with Gasteiger partial charge in [0.1, 0.15) is 16.3 Å². The largest absolute Gasteiger partial charge is 0.494 e. The molecule has 2 aromatic heterocycles. The molecule has 130 valence electrons. The number of aromatic nitrogens is 5. The summed E-state index contributed by atoms with van der Waals surface area (Å²) in [4.78, 5) is 0.859. The lowest BCUT2D eigenvalue weighted by atomic mass is 10.1. The van der Waals surface area contributed by atoms with Crippen LogP contribution in [-0.2, 0) is 0 Å². The molecular weight excluding hydrogens is 366 g/mol. The molecule has 0 saturated carbocycles. The van der Waals surface area contributed by atoms with Gasteiger partial charge in [-0.2, -0.15) is 5.10 Å². The first-order chi connectivity index (χ1) is 12.8. The molecule has 2 aromatic carbocycles. The summed E-state index contributed by atoms with van der Waals surface area (Å²) in [5.41, 5.74) is 2.68. The maximum absolute atomic E-state index is 5.51. The van der Waals surface area contributed by atoms with Crippen LogP contribution in [-0.4, -0.2) is 31.0 Å². The average molecular weight is 381 g/mol. The molecule has 0 radical (unpaired) electrons. The molecule has 26 heavy (non-hydrogen) atoms. The maximum atomic E-state index is 5.51. The van der Waals surface area contributed by atoms with E-state index in [0.717, 1.165) is 27.6 Å². The third-order valence-corrected chi connectivity index (χ3v) is 4.81. The predicted octanol–water partition coefficient (Wildman–Crippen LogP) is 4.51. The lowest BCUT2D eigenvalue weighted by molar-refractivity contribution is 0.340. The van der Waals surface area contributed by atoms with Crippen LogP contribution < -0.4 is 4.74 Å². The van der Waals surface area contributed by atoms with Gasteiger partial charge in [0.15, 0.2) is 10.6 Å². The van der Waals surface area contributed by atoms with Gasteiger partial charge in [0.25, 0.3) is 0 Å². The number of nitrogens with one attached hydrogen (secondary N) is 1. The Morgan fingerprint density at radius 2 is 1.88 bits per heavy atom. The van der Waals surface area contributed by atoms with E-state index < -0.39 is 0 Å². The first kappa shape index (κ1) is 16.6. The SMILES string of the molecule is CCOc1ccc(-n2c(-c3snnc3-c3ccccc3)n[nH]c2=S)cc1. The molecule has 2 heterocycles. The van der Waals surface area contributed by atoms with Crippen molar-refractivity contribution in [2.45, 2.75) is 6.92 Å². The normalized spacial score (nSPS) is 10.8. The van der Waals surface area contributed by atoms with E-state index in [-0.39, 0.29) is 0 Å². The molecule has 0 aliphatic carbocycles. The van der Waals surface area contributed by atoms with Crippen LogP contribution in [0, 0.1) is 4.77 Å². The van der Waals surface area contributed by atoms with Crippen LogP contribution in [0.15, 0.2) is 54.6 Å². The number of H-pyrrole nitrogens is 1. The van der Waals surface area contributed by atoms with E-state index >= 15 is 0 Å². The molecule has 0 bridgehead atoms. The fourth-order valence-electron chi connectivity index (χ4n) is 2.67. The topological polar surface area (TPSA) is 68.6 Å². The zero-order valence-corrected chi connectivity index (χ0v) is 15.5. The van der Waals surface area contributed by atoms with E-state index in [0.29, 0.717) is 17.2 Å². The van der Waals surface area contributed by atoms with Crippen molar-refractivity contribution in [3.05, 3.63) is 59.4 Å². The second-order valence-electron chi connectivity index (χ2n) is 5.43. The number of hydrogen-bond acceptors (Lipinski definition) is 6. The van der Waals surface area contributed by atoms with Crippen LogP contribution in [0.3, 0.4) is 0 Å². The van der Waals surface area contributed by atoms with E-state index in [4.69, 9.17) is 17.0 Å². The number of ether oxygens (including phenoxy) is 1. The zero-order valence-electron chi connectivity index (χ0n) is 13.9. The van der Waals surface area contributed by atoms with Crippen LogP contribution in [0.1, 0.15) is 6.92 Å². The molecule has 0 spiro atoms. The molecule has 1 N–H and O–H groups in total. The summed E-state index contributed by atoms with van der Waals surface area (Å²) < 4.78 is 12.0. The zero-order chi connectivity index (χ0) is 17.9. The summed E-state index contributed by atoms with van der Waals surface area (Å²) in [5.74, 6) is 1.50. The summed E-state index contributed by atoms with van der Waals surface area (Å²) in [7, 11) is 0. The number of rotatable bonds is 5. The fourth-order valence-corrected chi connectivity index (χ4v) is 3.57. The highest BCUT2D eigenvalue weighted by molar-refractivity contribution is 7.71. The van der Waals surface area contributed by atoms with Crippen molar-refractivity contribution < 1.29 is 4.74 Å². The van der Waals surface area contributed by atoms with Crippen LogP contribution in [0.4, 0.5) is 0 Å². The third-order valence-electron chi connectivity index (χ3n) is 3.82. The average Bonchev–Trinajstić information content (AvgIpc) is 3.30. The van der Waals surface area contributed by atoms with Crippen molar-refractivity contribution in [1.82, 2.24) is 24.4 Å². The minimum atomic E-state index is 0.511. The van der Waals surface area contributed by atoms with Crippen molar-refractivity contribution in [3.63, 3.8) is 0 Å². The molecular formula is C18H15N5OS2. The fraction of sp³-hybridized carbons (Fsp3) is 0.111. The highest BCUT2D eigenvalue weighted by Crippen LogP contribution is 2.33. The van der Waals surface area contributed by atoms with E-state index in [2.05, 4.69) is 19.8 Å². The van der Waals surface area contributed by atoms with Gasteiger partial charge in [-0.1, -0.05) is 34.8 Å². The van der Waals surface area contributed by atoms with E-state index in [9.17, 15) is 0 Å². The molecule has 0 amide bonds. The van der Waals surface area contributed by atoms with Gasteiger partial charge < -0.3 is 4.74 Å². The second kappa shape index (κ2) is 7.19. The Bertz CT molecular complexity index is 1070. The third kappa shape index (κ3) is 3.04. The summed E-state index contributed by atoms with van der Waals surface area (Å²) in [5, 5.41) is 11.6. The first-order valence-electron chi connectivity index (χ1n) is 8.06. The Balaban J connectivity index is 1.81. The van der Waals surface area contributed by atoms with Gasteiger partial charge in [-0.05, 0) is 54.9 Å². The Morgan fingerprint density at radius 1 is 1.12 bits per heavy atom. The Labute approximate surface area is 159 Å². The van der Waals surface area contributed by atoms with Gasteiger partial charge in [0.05, 0.1) is 12.3 Å². The van der Waals surface area contributed by atoms with Gasteiger partial charge in [0, 0.05) is 5.56 Å². The highest BCUT2D eigenvalue weighted by Gasteiger charge is 2.19. The summed E-state index contributed by atoms with van der Waals surface area (Å²) in [6.45, 7) is 2.59. The number of hydrogen-bond donors (Lipinski definition) is 1. The Morgan fingerprint density at radius 3 is 2.62 bits per heavy atom. The van der Waals surface area contributed by atoms with Gasteiger partial charge in [-0.3, -0.25) is 9.67 Å². The molecule has 0 fully saturated rings. The van der Waals surface area contributed by atoms with Crippen LogP contribution in [0.2, 0.25) is 0 Å². The lowest BCUT2D eigenvalue weighted by Gasteiger charge is -2.08. The van der Waals surface area contributed by atoms with Gasteiger partial charge >= 0.3 is 0 Å². The van der Waals surface area contributed by atoms with E-state index in [1.54, 1.807) is 0 Å². The second-order valence-corrected chi connectivity index (χ2v) is 6.57. The van der Waals surface area contributed by atoms with E-state index in [1.165, 1.54) is 11.5 Å². The molecule has 0 aliphatic rings. The molecule has 4 aromatic rings. The van der Waals surface area contributed by atoms with Crippen molar-refractivity contribution >= 4 is 23.8 Å². The molecule has 6 nitrogen and oxygen atoms in total. The molecule has 0 saturated heterocycles. The predicted molar refractivity (Wildman–Crippen MR) is 104 cm³/mol. The van der Waals surface area contributed by atoms with Crippen LogP contribution >= 0.6 is 23.8 Å². The summed E-state index contributed by atoms with van der Waals surface area (Å²) >= 11 is 6.75.